The molecule has 0 atom stereocenters. The molecule has 2 rings (SSSR count). The Morgan fingerprint density at radius 1 is 1.33 bits per heavy atom. The van der Waals surface area contributed by atoms with E-state index >= 15 is 0 Å². The molecule has 4 nitrogen and oxygen atoms in total. The van der Waals surface area contributed by atoms with E-state index in [9.17, 15) is 8.42 Å². The molecule has 1 aromatic heterocycles. The van der Waals surface area contributed by atoms with Crippen LogP contribution in [0.25, 0.3) is 0 Å². The summed E-state index contributed by atoms with van der Waals surface area (Å²) in [6.07, 6.45) is 0. The second-order valence-corrected chi connectivity index (χ2v) is 6.93. The van der Waals surface area contributed by atoms with Crippen LogP contribution in [-0.4, -0.2) is 8.42 Å². The molecule has 96 valence electrons. The van der Waals surface area contributed by atoms with Gasteiger partial charge in [0.25, 0.3) is 0 Å². The van der Waals surface area contributed by atoms with Crippen LogP contribution < -0.4 is 10.5 Å². The molecule has 7 heteroatoms. The van der Waals surface area contributed by atoms with E-state index in [2.05, 4.69) is 4.72 Å². The van der Waals surface area contributed by atoms with Gasteiger partial charge in [-0.25, -0.2) is 13.1 Å². The molecule has 0 bridgehead atoms. The second-order valence-electron chi connectivity index (χ2n) is 3.62. The minimum atomic E-state index is -3.52. The fraction of sp³-hybridized carbons (Fsp3) is 0.0909. The Morgan fingerprint density at radius 3 is 2.67 bits per heavy atom. The van der Waals surface area contributed by atoms with Gasteiger partial charge >= 0.3 is 0 Å². The van der Waals surface area contributed by atoms with E-state index in [1.54, 1.807) is 29.6 Å². The van der Waals surface area contributed by atoms with Crippen LogP contribution in [0.4, 0.5) is 5.69 Å². The number of anilines is 1. The topological polar surface area (TPSA) is 72.2 Å². The average Bonchev–Trinajstić information content (AvgIpc) is 2.76. The summed E-state index contributed by atoms with van der Waals surface area (Å²) < 4.78 is 26.6. The predicted molar refractivity (Wildman–Crippen MR) is 74.2 cm³/mol. The summed E-state index contributed by atoms with van der Waals surface area (Å²) in [6.45, 7) is 0.153. The molecule has 0 radical (unpaired) electrons. The predicted octanol–water partition coefficient (Wildman–Crippen LogP) is 2.46. The van der Waals surface area contributed by atoms with Crippen molar-refractivity contribution < 1.29 is 8.42 Å². The molecule has 0 saturated heterocycles. The summed E-state index contributed by atoms with van der Waals surface area (Å²) in [7, 11) is -3.52. The Morgan fingerprint density at radius 2 is 2.06 bits per heavy atom. The maximum atomic E-state index is 11.9. The maximum absolute atomic E-state index is 11.9. The minimum absolute atomic E-state index is 0.153. The van der Waals surface area contributed by atoms with Crippen LogP contribution in [0.5, 0.6) is 0 Å². The van der Waals surface area contributed by atoms with Crippen molar-refractivity contribution in [2.45, 2.75) is 10.8 Å². The van der Waals surface area contributed by atoms with Gasteiger partial charge < -0.3 is 5.73 Å². The quantitative estimate of drug-likeness (QED) is 0.911. The van der Waals surface area contributed by atoms with Crippen LogP contribution in [0.2, 0.25) is 5.02 Å². The molecule has 0 aliphatic heterocycles. The first-order valence-corrected chi connectivity index (χ1v) is 7.80. The standard InChI is InChI=1S/C11H11ClN2O2S2/c12-10-4-2-1-3-8(10)6-14-18(15,16)11-5-9(13)7-17-11/h1-5,7,14H,6,13H2. The molecular weight excluding hydrogens is 292 g/mol. The molecule has 1 heterocycles. The van der Waals surface area contributed by atoms with Crippen LogP contribution >= 0.6 is 22.9 Å². The SMILES string of the molecule is Nc1csc(S(=O)(=O)NCc2ccccc2Cl)c1. The van der Waals surface area contributed by atoms with Crippen LogP contribution in [-0.2, 0) is 16.6 Å². The number of thiophene rings is 1. The number of halogens is 1. The zero-order chi connectivity index (χ0) is 13.2. The van der Waals surface area contributed by atoms with E-state index in [4.69, 9.17) is 17.3 Å². The molecule has 0 saturated carbocycles. The van der Waals surface area contributed by atoms with Crippen molar-refractivity contribution in [2.24, 2.45) is 0 Å². The summed E-state index contributed by atoms with van der Waals surface area (Å²) in [6, 6.07) is 8.51. The molecule has 0 aliphatic carbocycles. The van der Waals surface area contributed by atoms with Gasteiger partial charge in [-0.15, -0.1) is 11.3 Å². The maximum Gasteiger partial charge on any atom is 0.250 e. The van der Waals surface area contributed by atoms with Crippen molar-refractivity contribution in [1.82, 2.24) is 4.72 Å². The smallest absolute Gasteiger partial charge is 0.250 e. The van der Waals surface area contributed by atoms with Gasteiger partial charge in [0, 0.05) is 22.6 Å². The first-order valence-electron chi connectivity index (χ1n) is 5.06. The molecule has 0 spiro atoms. The van der Waals surface area contributed by atoms with Gasteiger partial charge in [-0.1, -0.05) is 29.8 Å². The van der Waals surface area contributed by atoms with Gasteiger partial charge in [0.15, 0.2) is 0 Å². The lowest BCUT2D eigenvalue weighted by Crippen LogP contribution is -2.22. The average molecular weight is 303 g/mol. The first kappa shape index (κ1) is 13.4. The highest BCUT2D eigenvalue weighted by atomic mass is 35.5. The lowest BCUT2D eigenvalue weighted by atomic mass is 10.2. The van der Waals surface area contributed by atoms with Gasteiger partial charge in [-0.3, -0.25) is 0 Å². The van der Waals surface area contributed by atoms with Gasteiger partial charge in [0.2, 0.25) is 10.0 Å². The van der Waals surface area contributed by atoms with Gasteiger partial charge in [0.1, 0.15) is 4.21 Å². The summed E-state index contributed by atoms with van der Waals surface area (Å²) in [5, 5.41) is 2.12. The highest BCUT2D eigenvalue weighted by Gasteiger charge is 2.16. The Labute approximate surface area is 114 Å². The number of benzene rings is 1. The van der Waals surface area contributed by atoms with Crippen LogP contribution in [0.1, 0.15) is 5.56 Å². The third-order valence-electron chi connectivity index (χ3n) is 2.27. The molecule has 0 amide bonds. The lowest BCUT2D eigenvalue weighted by Gasteiger charge is -2.06. The number of nitrogen functional groups attached to an aromatic ring is 1. The van der Waals surface area contributed by atoms with E-state index in [0.29, 0.717) is 10.7 Å². The van der Waals surface area contributed by atoms with Gasteiger partial charge in [0.05, 0.1) is 0 Å². The first-order chi connectivity index (χ1) is 8.49. The van der Waals surface area contributed by atoms with E-state index in [-0.39, 0.29) is 10.8 Å². The van der Waals surface area contributed by atoms with Gasteiger partial charge in [-0.2, -0.15) is 0 Å². The highest BCUT2D eigenvalue weighted by molar-refractivity contribution is 7.91. The monoisotopic (exact) mass is 302 g/mol. The highest BCUT2D eigenvalue weighted by Crippen LogP contribution is 2.22. The Balaban J connectivity index is 2.13. The van der Waals surface area contributed by atoms with Crippen LogP contribution in [0.3, 0.4) is 0 Å². The summed E-state index contributed by atoms with van der Waals surface area (Å²) >= 11 is 7.04. The molecular formula is C11H11ClN2O2S2. The van der Waals surface area contributed by atoms with Crippen molar-refractivity contribution in [1.29, 1.82) is 0 Å². The van der Waals surface area contributed by atoms with Crippen molar-refractivity contribution in [2.75, 3.05) is 5.73 Å². The van der Waals surface area contributed by atoms with Crippen molar-refractivity contribution in [3.8, 4) is 0 Å². The Hall–Kier alpha value is -1.08. The Kier molecular flexibility index (Phi) is 3.91. The fourth-order valence-corrected chi connectivity index (χ4v) is 3.69. The number of sulfonamides is 1. The summed E-state index contributed by atoms with van der Waals surface area (Å²) in [5.41, 5.74) is 6.68. The second kappa shape index (κ2) is 5.27. The number of hydrogen-bond acceptors (Lipinski definition) is 4. The number of nitrogens with two attached hydrogens (primary N) is 1. The summed E-state index contributed by atoms with van der Waals surface area (Å²) in [5.74, 6) is 0. The molecule has 0 fully saturated rings. The number of nitrogens with one attached hydrogen (secondary N) is 1. The van der Waals surface area contributed by atoms with Crippen LogP contribution in [0.15, 0.2) is 39.9 Å². The van der Waals surface area contributed by atoms with E-state index in [1.165, 1.54) is 6.07 Å². The summed E-state index contributed by atoms with van der Waals surface area (Å²) in [4.78, 5) is 0. The third-order valence-corrected chi connectivity index (χ3v) is 5.50. The largest absolute Gasteiger partial charge is 0.398 e. The Bertz CT molecular complexity index is 653. The zero-order valence-electron chi connectivity index (χ0n) is 9.26. The fourth-order valence-electron chi connectivity index (χ4n) is 1.36. The third kappa shape index (κ3) is 3.02. The van der Waals surface area contributed by atoms with E-state index in [0.717, 1.165) is 16.9 Å². The van der Waals surface area contributed by atoms with E-state index in [1.807, 2.05) is 0 Å². The number of rotatable bonds is 4. The number of hydrogen-bond donors (Lipinski definition) is 2. The molecule has 18 heavy (non-hydrogen) atoms. The minimum Gasteiger partial charge on any atom is -0.398 e. The molecule has 0 unspecified atom stereocenters. The normalized spacial score (nSPS) is 11.6. The van der Waals surface area contributed by atoms with E-state index < -0.39 is 10.0 Å². The molecule has 3 N–H and O–H groups in total. The lowest BCUT2D eigenvalue weighted by molar-refractivity contribution is 0.583. The molecule has 2 aromatic rings. The van der Waals surface area contributed by atoms with Gasteiger partial charge in [-0.05, 0) is 17.7 Å². The van der Waals surface area contributed by atoms with Crippen molar-refractivity contribution in [3.05, 3.63) is 46.3 Å². The van der Waals surface area contributed by atoms with Crippen molar-refractivity contribution >= 4 is 38.6 Å². The van der Waals surface area contributed by atoms with Crippen molar-refractivity contribution in [3.63, 3.8) is 0 Å². The van der Waals surface area contributed by atoms with Crippen LogP contribution in [0, 0.1) is 0 Å². The molecule has 1 aromatic carbocycles. The molecule has 0 aliphatic rings. The zero-order valence-corrected chi connectivity index (χ0v) is 11.6.